The van der Waals surface area contributed by atoms with Gasteiger partial charge in [-0.25, -0.2) is 15.0 Å². The molecule has 0 N–H and O–H groups in total. The summed E-state index contributed by atoms with van der Waals surface area (Å²) in [6.45, 7) is 0. The van der Waals surface area contributed by atoms with E-state index in [9.17, 15) is 0 Å². The van der Waals surface area contributed by atoms with Crippen LogP contribution in [0.5, 0.6) is 0 Å². The summed E-state index contributed by atoms with van der Waals surface area (Å²) in [7, 11) is 0. The largest absolute Gasteiger partial charge is 0.309 e. The number of benzene rings is 9. The standard InChI is InChI=1S/C57H36N6/c1-5-17-37(18-6-1)55-58-56(38-19-7-2-8-20-38)60-57(59-55)39-29-33-50-47(35-39)44-31-30-42(36-52(44)62(50)41-23-11-4-12-24-41)63-48-27-15-13-25-43(48)45-32-34-51-53(54(45)63)46-26-14-16-28-49(46)61(51)40-21-9-3-10-22-40/h1-36H. The molecule has 4 aromatic heterocycles. The third kappa shape index (κ3) is 5.48. The molecule has 0 saturated heterocycles. The predicted octanol–water partition coefficient (Wildman–Crippen LogP) is 14.2. The van der Waals surface area contributed by atoms with Gasteiger partial charge in [0.2, 0.25) is 0 Å². The fraction of sp³-hybridized carbons (Fsp3) is 0. The van der Waals surface area contributed by atoms with Gasteiger partial charge in [-0.05, 0) is 72.8 Å². The summed E-state index contributed by atoms with van der Waals surface area (Å²) in [5.74, 6) is 1.91. The second-order valence-corrected chi connectivity index (χ2v) is 16.0. The number of hydrogen-bond acceptors (Lipinski definition) is 3. The highest BCUT2D eigenvalue weighted by atomic mass is 15.0. The molecule has 0 spiro atoms. The van der Waals surface area contributed by atoms with Crippen molar-refractivity contribution in [3.63, 3.8) is 0 Å². The van der Waals surface area contributed by atoms with E-state index in [0.29, 0.717) is 17.5 Å². The molecule has 0 unspecified atom stereocenters. The number of aromatic nitrogens is 6. The molecule has 294 valence electrons. The Kier molecular flexibility index (Phi) is 7.80. The van der Waals surface area contributed by atoms with Crippen LogP contribution in [0, 0.1) is 0 Å². The molecule has 0 aliphatic carbocycles. The second kappa shape index (κ2) is 14.0. The zero-order chi connectivity index (χ0) is 41.4. The SMILES string of the molecule is c1ccc(-c2nc(-c3ccccc3)nc(-c3ccc4c(c3)c3ccc(-n5c6ccccc6c6ccc7c(c8ccccc8n7-c7ccccc7)c65)cc3n4-c3ccccc3)n2)cc1. The lowest BCUT2D eigenvalue weighted by molar-refractivity contribution is 1.07. The van der Waals surface area contributed by atoms with Crippen molar-refractivity contribution in [2.75, 3.05) is 0 Å². The van der Waals surface area contributed by atoms with Crippen LogP contribution in [0.15, 0.2) is 218 Å². The minimum Gasteiger partial charge on any atom is -0.309 e. The van der Waals surface area contributed by atoms with Gasteiger partial charge in [-0.15, -0.1) is 0 Å². The molecule has 0 atom stereocenters. The predicted molar refractivity (Wildman–Crippen MR) is 259 cm³/mol. The van der Waals surface area contributed by atoms with Gasteiger partial charge in [0, 0.05) is 66.1 Å². The van der Waals surface area contributed by atoms with Crippen molar-refractivity contribution in [1.29, 1.82) is 0 Å². The van der Waals surface area contributed by atoms with Crippen molar-refractivity contribution in [3.8, 4) is 51.2 Å². The van der Waals surface area contributed by atoms with E-state index in [1.165, 1.54) is 43.6 Å². The summed E-state index contributed by atoms with van der Waals surface area (Å²) in [6, 6.07) is 77.4. The number of nitrogens with zero attached hydrogens (tertiary/aromatic N) is 6. The second-order valence-electron chi connectivity index (χ2n) is 16.0. The molecule has 6 nitrogen and oxygen atoms in total. The van der Waals surface area contributed by atoms with Gasteiger partial charge in [0.05, 0.1) is 33.1 Å². The van der Waals surface area contributed by atoms with Crippen LogP contribution >= 0.6 is 0 Å². The van der Waals surface area contributed by atoms with Gasteiger partial charge in [0.1, 0.15) is 0 Å². The summed E-state index contributed by atoms with van der Waals surface area (Å²) in [4.78, 5) is 15.1. The molecule has 0 fully saturated rings. The zero-order valence-electron chi connectivity index (χ0n) is 34.0. The van der Waals surface area contributed by atoms with Crippen molar-refractivity contribution in [1.82, 2.24) is 28.7 Å². The molecule has 9 aromatic carbocycles. The lowest BCUT2D eigenvalue weighted by Gasteiger charge is -2.12. The molecular weight excluding hydrogens is 769 g/mol. The van der Waals surface area contributed by atoms with E-state index in [4.69, 9.17) is 15.0 Å². The van der Waals surface area contributed by atoms with Crippen molar-refractivity contribution in [2.24, 2.45) is 0 Å². The van der Waals surface area contributed by atoms with Crippen LogP contribution in [0.1, 0.15) is 0 Å². The Balaban J connectivity index is 1.08. The van der Waals surface area contributed by atoms with E-state index in [0.717, 1.165) is 55.6 Å². The smallest absolute Gasteiger partial charge is 0.164 e. The summed E-state index contributed by atoms with van der Waals surface area (Å²) in [6.07, 6.45) is 0. The van der Waals surface area contributed by atoms with Crippen LogP contribution < -0.4 is 0 Å². The van der Waals surface area contributed by atoms with Gasteiger partial charge in [-0.2, -0.15) is 0 Å². The molecule has 13 rings (SSSR count). The minimum absolute atomic E-state index is 0.630. The molecule has 6 heteroatoms. The Morgan fingerprint density at radius 1 is 0.254 bits per heavy atom. The molecule has 0 amide bonds. The highest BCUT2D eigenvalue weighted by molar-refractivity contribution is 6.26. The number of rotatable bonds is 6. The number of para-hydroxylation sites is 4. The molecule has 0 aliphatic rings. The summed E-state index contributed by atoms with van der Waals surface area (Å²) >= 11 is 0. The average Bonchev–Trinajstić information content (AvgIpc) is 4.00. The van der Waals surface area contributed by atoms with Gasteiger partial charge in [0.15, 0.2) is 17.5 Å². The van der Waals surface area contributed by atoms with Crippen LogP contribution in [0.3, 0.4) is 0 Å². The Bertz CT molecular complexity index is 3830. The van der Waals surface area contributed by atoms with Gasteiger partial charge in [-0.1, -0.05) is 146 Å². The topological polar surface area (TPSA) is 53.5 Å². The average molecular weight is 805 g/mol. The van der Waals surface area contributed by atoms with Gasteiger partial charge in [-0.3, -0.25) is 0 Å². The van der Waals surface area contributed by atoms with Crippen LogP contribution in [-0.2, 0) is 0 Å². The Hall–Kier alpha value is -8.61. The molecule has 0 saturated carbocycles. The Labute approximate surface area is 362 Å². The van der Waals surface area contributed by atoms with Crippen molar-refractivity contribution in [2.45, 2.75) is 0 Å². The summed E-state index contributed by atoms with van der Waals surface area (Å²) < 4.78 is 7.27. The monoisotopic (exact) mass is 804 g/mol. The van der Waals surface area contributed by atoms with Crippen molar-refractivity contribution >= 4 is 65.4 Å². The first-order chi connectivity index (χ1) is 31.3. The minimum atomic E-state index is 0.630. The fourth-order valence-electron chi connectivity index (χ4n) is 9.71. The molecule has 0 bridgehead atoms. The van der Waals surface area contributed by atoms with Crippen LogP contribution in [0.25, 0.3) is 117 Å². The first-order valence-corrected chi connectivity index (χ1v) is 21.3. The van der Waals surface area contributed by atoms with E-state index < -0.39 is 0 Å². The van der Waals surface area contributed by atoms with Crippen molar-refractivity contribution in [3.05, 3.63) is 218 Å². The van der Waals surface area contributed by atoms with Crippen LogP contribution in [0.2, 0.25) is 0 Å². The van der Waals surface area contributed by atoms with Gasteiger partial charge < -0.3 is 13.7 Å². The van der Waals surface area contributed by atoms with E-state index in [1.54, 1.807) is 0 Å². The summed E-state index contributed by atoms with van der Waals surface area (Å²) in [5.41, 5.74) is 13.1. The van der Waals surface area contributed by atoms with E-state index >= 15 is 0 Å². The third-order valence-electron chi connectivity index (χ3n) is 12.5. The molecular formula is C57H36N6. The van der Waals surface area contributed by atoms with Crippen LogP contribution in [-0.4, -0.2) is 28.7 Å². The highest BCUT2D eigenvalue weighted by Crippen LogP contribution is 2.43. The normalized spacial score (nSPS) is 11.8. The van der Waals surface area contributed by atoms with E-state index in [2.05, 4.69) is 171 Å². The molecule has 13 aromatic rings. The lowest BCUT2D eigenvalue weighted by atomic mass is 10.1. The molecule has 63 heavy (non-hydrogen) atoms. The van der Waals surface area contributed by atoms with Crippen molar-refractivity contribution < 1.29 is 0 Å². The molecule has 0 radical (unpaired) electrons. The Morgan fingerprint density at radius 3 is 1.35 bits per heavy atom. The lowest BCUT2D eigenvalue weighted by Crippen LogP contribution is -2.00. The van der Waals surface area contributed by atoms with E-state index in [1.807, 2.05) is 60.7 Å². The third-order valence-corrected chi connectivity index (χ3v) is 12.5. The fourth-order valence-corrected chi connectivity index (χ4v) is 9.71. The van der Waals surface area contributed by atoms with E-state index in [-0.39, 0.29) is 0 Å². The quantitative estimate of drug-likeness (QED) is 0.168. The maximum Gasteiger partial charge on any atom is 0.164 e. The number of fused-ring (bicyclic) bond motifs is 10. The first-order valence-electron chi connectivity index (χ1n) is 21.3. The number of hydrogen-bond donors (Lipinski definition) is 0. The van der Waals surface area contributed by atoms with Crippen LogP contribution in [0.4, 0.5) is 0 Å². The van der Waals surface area contributed by atoms with Gasteiger partial charge >= 0.3 is 0 Å². The maximum absolute atomic E-state index is 5.09. The Morgan fingerprint density at radius 2 is 0.714 bits per heavy atom. The first kappa shape index (κ1) is 35.2. The maximum atomic E-state index is 5.09. The van der Waals surface area contributed by atoms with Gasteiger partial charge in [0.25, 0.3) is 0 Å². The summed E-state index contributed by atoms with van der Waals surface area (Å²) in [5, 5.41) is 7.18. The zero-order valence-corrected chi connectivity index (χ0v) is 34.0. The molecule has 0 aliphatic heterocycles. The highest BCUT2D eigenvalue weighted by Gasteiger charge is 2.22. The molecule has 4 heterocycles.